The molecule has 1 aliphatic heterocycles. The van der Waals surface area contributed by atoms with E-state index in [1.807, 2.05) is 0 Å². The summed E-state index contributed by atoms with van der Waals surface area (Å²) in [5, 5.41) is 3.02. The smallest absolute Gasteiger partial charge is 0.222 e. The van der Waals surface area contributed by atoms with Gasteiger partial charge < -0.3 is 0 Å². The highest BCUT2D eigenvalue weighted by atomic mass is 32.2. The van der Waals surface area contributed by atoms with E-state index in [0.29, 0.717) is 6.41 Å². The fourth-order valence-corrected chi connectivity index (χ4v) is 1.10. The molecule has 1 rings (SSSR count). The molecule has 0 aromatic rings. The van der Waals surface area contributed by atoms with Crippen molar-refractivity contribution in [1.29, 1.82) is 0 Å². The molecule has 0 unspecified atom stereocenters. The van der Waals surface area contributed by atoms with E-state index in [0.717, 1.165) is 12.5 Å². The van der Waals surface area contributed by atoms with E-state index in [1.54, 1.807) is 16.4 Å². The molecular weight excluding hydrogens is 126 g/mol. The topological polar surface area (TPSA) is 44.4 Å². The summed E-state index contributed by atoms with van der Waals surface area (Å²) >= 11 is 1.55. The van der Waals surface area contributed by atoms with Gasteiger partial charge >= 0.3 is 0 Å². The predicted octanol–water partition coefficient (Wildman–Crippen LogP) is -0.884. The summed E-state index contributed by atoms with van der Waals surface area (Å²) in [5.74, 6) is 0.876. The Bertz CT molecular complexity index is 82.6. The lowest BCUT2D eigenvalue weighted by Gasteiger charge is -2.07. The highest BCUT2D eigenvalue weighted by Crippen LogP contribution is 2.06. The minimum Gasteiger partial charge on any atom is -0.292 e. The van der Waals surface area contributed by atoms with Crippen LogP contribution in [0.1, 0.15) is 0 Å². The van der Waals surface area contributed by atoms with E-state index in [4.69, 9.17) is 0 Å². The van der Waals surface area contributed by atoms with Crippen molar-refractivity contribution in [3.63, 3.8) is 0 Å². The summed E-state index contributed by atoms with van der Waals surface area (Å²) in [6.07, 6.45) is 0.667. The summed E-state index contributed by atoms with van der Waals surface area (Å²) in [7, 11) is 0. The van der Waals surface area contributed by atoms with Crippen LogP contribution in [0, 0.1) is 0 Å². The zero-order chi connectivity index (χ0) is 5.82. The maximum atomic E-state index is 9.77. The van der Waals surface area contributed by atoms with Gasteiger partial charge in [-0.2, -0.15) is 0 Å². The molecule has 0 atom stereocenters. The largest absolute Gasteiger partial charge is 0.292 e. The molecule has 5 heteroatoms. The monoisotopic (exact) mass is 133 g/mol. The number of hydrazine groups is 1. The lowest BCUT2D eigenvalue weighted by Crippen LogP contribution is -2.30. The summed E-state index contributed by atoms with van der Waals surface area (Å²) < 4.78 is 1.73. The molecule has 2 N–H and O–H groups in total. The second-order valence-electron chi connectivity index (χ2n) is 1.31. The SMILES string of the molecule is O=CNN1CNCS1. The van der Waals surface area contributed by atoms with Crippen molar-refractivity contribution >= 4 is 18.4 Å². The van der Waals surface area contributed by atoms with Gasteiger partial charge in [-0.25, -0.2) is 0 Å². The van der Waals surface area contributed by atoms with Crippen LogP contribution in [-0.2, 0) is 4.79 Å². The molecule has 0 spiro atoms. The standard InChI is InChI=1S/C3H7N3OS/c7-2-5-6-1-4-3-8-6/h2,4H,1,3H2,(H,5,7). The lowest BCUT2D eigenvalue weighted by atomic mass is 11.1. The molecular formula is C3H7N3OS. The van der Waals surface area contributed by atoms with Crippen LogP contribution in [0.3, 0.4) is 0 Å². The van der Waals surface area contributed by atoms with E-state index in [9.17, 15) is 4.79 Å². The summed E-state index contributed by atoms with van der Waals surface area (Å²) in [5.41, 5.74) is 2.50. The number of carbonyl (C=O) groups excluding carboxylic acids is 1. The molecule has 1 aliphatic rings. The number of hydrogen-bond acceptors (Lipinski definition) is 4. The van der Waals surface area contributed by atoms with Crippen molar-refractivity contribution in [1.82, 2.24) is 15.2 Å². The van der Waals surface area contributed by atoms with Crippen molar-refractivity contribution in [3.8, 4) is 0 Å². The molecule has 1 fully saturated rings. The van der Waals surface area contributed by atoms with Gasteiger partial charge in [0, 0.05) is 0 Å². The quantitative estimate of drug-likeness (QED) is 0.379. The highest BCUT2D eigenvalue weighted by molar-refractivity contribution is 7.97. The Labute approximate surface area is 51.7 Å². The Morgan fingerprint density at radius 2 is 2.75 bits per heavy atom. The van der Waals surface area contributed by atoms with E-state index in [-0.39, 0.29) is 0 Å². The minimum absolute atomic E-state index is 0.667. The van der Waals surface area contributed by atoms with Gasteiger partial charge in [0.15, 0.2) is 0 Å². The van der Waals surface area contributed by atoms with Gasteiger partial charge in [0.1, 0.15) is 0 Å². The molecule has 1 saturated heterocycles. The second-order valence-corrected chi connectivity index (χ2v) is 2.29. The number of nitrogens with zero attached hydrogens (tertiary/aromatic N) is 1. The van der Waals surface area contributed by atoms with Crippen molar-refractivity contribution in [2.75, 3.05) is 12.5 Å². The summed E-state index contributed by atoms with van der Waals surface area (Å²) in [6.45, 7) is 0.726. The Morgan fingerprint density at radius 1 is 1.88 bits per heavy atom. The Morgan fingerprint density at radius 3 is 3.25 bits per heavy atom. The van der Waals surface area contributed by atoms with Crippen molar-refractivity contribution < 1.29 is 4.79 Å². The van der Waals surface area contributed by atoms with Gasteiger partial charge in [-0.15, -0.1) is 4.41 Å². The molecule has 0 aliphatic carbocycles. The van der Waals surface area contributed by atoms with Crippen molar-refractivity contribution in [3.05, 3.63) is 0 Å². The third kappa shape index (κ3) is 1.36. The molecule has 0 aromatic heterocycles. The number of carbonyl (C=O) groups is 1. The van der Waals surface area contributed by atoms with Crippen LogP contribution < -0.4 is 10.7 Å². The van der Waals surface area contributed by atoms with Crippen molar-refractivity contribution in [2.24, 2.45) is 0 Å². The van der Waals surface area contributed by atoms with Crippen LogP contribution in [0.25, 0.3) is 0 Å². The number of rotatable bonds is 2. The maximum Gasteiger partial charge on any atom is 0.222 e. The van der Waals surface area contributed by atoms with E-state index < -0.39 is 0 Å². The van der Waals surface area contributed by atoms with E-state index in [1.165, 1.54) is 0 Å². The van der Waals surface area contributed by atoms with Gasteiger partial charge in [-0.3, -0.25) is 15.5 Å². The third-order valence-corrected chi connectivity index (χ3v) is 1.65. The summed E-state index contributed by atoms with van der Waals surface area (Å²) in [6, 6.07) is 0. The van der Waals surface area contributed by atoms with Crippen LogP contribution in [0.15, 0.2) is 0 Å². The normalized spacial score (nSPS) is 21.0. The molecule has 0 bridgehead atoms. The molecule has 1 heterocycles. The second kappa shape index (κ2) is 2.91. The van der Waals surface area contributed by atoms with Gasteiger partial charge in [-0.1, -0.05) is 0 Å². The van der Waals surface area contributed by atoms with Gasteiger partial charge in [0.05, 0.1) is 12.5 Å². The zero-order valence-corrected chi connectivity index (χ0v) is 5.07. The maximum absolute atomic E-state index is 9.77. The zero-order valence-electron chi connectivity index (χ0n) is 4.26. The first-order valence-electron chi connectivity index (χ1n) is 2.24. The fraction of sp³-hybridized carbons (Fsp3) is 0.667. The molecule has 46 valence electrons. The van der Waals surface area contributed by atoms with E-state index >= 15 is 0 Å². The van der Waals surface area contributed by atoms with Crippen molar-refractivity contribution in [2.45, 2.75) is 0 Å². The summed E-state index contributed by atoms with van der Waals surface area (Å²) in [4.78, 5) is 9.77. The predicted molar refractivity (Wildman–Crippen MR) is 31.5 cm³/mol. The number of hydrogen-bond donors (Lipinski definition) is 2. The molecule has 0 radical (unpaired) electrons. The third-order valence-electron chi connectivity index (χ3n) is 0.775. The van der Waals surface area contributed by atoms with Crippen LogP contribution in [0.5, 0.6) is 0 Å². The van der Waals surface area contributed by atoms with Crippen LogP contribution in [0.2, 0.25) is 0 Å². The van der Waals surface area contributed by atoms with Gasteiger partial charge in [-0.05, 0) is 11.9 Å². The minimum atomic E-state index is 0.667. The van der Waals surface area contributed by atoms with Gasteiger partial charge in [0.25, 0.3) is 0 Å². The number of nitrogens with one attached hydrogen (secondary N) is 2. The first-order valence-corrected chi connectivity index (χ1v) is 3.19. The van der Waals surface area contributed by atoms with Crippen LogP contribution in [0.4, 0.5) is 0 Å². The molecule has 8 heavy (non-hydrogen) atoms. The molecule has 0 aromatic carbocycles. The van der Waals surface area contributed by atoms with Crippen LogP contribution >= 0.6 is 11.9 Å². The Kier molecular flexibility index (Phi) is 2.13. The average molecular weight is 133 g/mol. The number of amides is 1. The Hall–Kier alpha value is -0.260. The van der Waals surface area contributed by atoms with E-state index in [2.05, 4.69) is 10.7 Å². The average Bonchev–Trinajstić information content (AvgIpc) is 2.19. The van der Waals surface area contributed by atoms with Gasteiger partial charge in [0.2, 0.25) is 6.41 Å². The fourth-order valence-electron chi connectivity index (χ4n) is 0.458. The first kappa shape index (κ1) is 5.87. The lowest BCUT2D eigenvalue weighted by molar-refractivity contribution is -0.111. The first-order chi connectivity index (χ1) is 3.93. The highest BCUT2D eigenvalue weighted by Gasteiger charge is 2.08. The molecule has 1 amide bonds. The van der Waals surface area contributed by atoms with Crippen LogP contribution in [-0.4, -0.2) is 23.4 Å². The molecule has 0 saturated carbocycles. The Balaban J connectivity index is 2.14. The molecule has 4 nitrogen and oxygen atoms in total.